The second kappa shape index (κ2) is 5.86. The molecule has 1 rings (SSSR count). The molecule has 0 aliphatic heterocycles. The van der Waals surface area contributed by atoms with Crippen LogP contribution in [0.4, 0.5) is 11.4 Å². The van der Waals surface area contributed by atoms with Gasteiger partial charge in [-0.15, -0.1) is 0 Å². The van der Waals surface area contributed by atoms with Crippen molar-refractivity contribution < 1.29 is 14.7 Å². The number of nitrogens with one attached hydrogen (secondary N) is 2. The molecule has 3 N–H and O–H groups in total. The van der Waals surface area contributed by atoms with E-state index in [0.717, 1.165) is 5.69 Å². The molecule has 1 aromatic carbocycles. The lowest BCUT2D eigenvalue weighted by molar-refractivity contribution is -0.132. The topological polar surface area (TPSA) is 78.4 Å². The molecule has 0 aromatic heterocycles. The lowest BCUT2D eigenvalue weighted by atomic mass is 10.2. The molecule has 96 valence electrons. The Morgan fingerprint density at radius 2 is 1.39 bits per heavy atom. The molecule has 0 saturated heterocycles. The summed E-state index contributed by atoms with van der Waals surface area (Å²) in [6.07, 6.45) is 0. The number of hydrogen-bond acceptors (Lipinski definition) is 3. The van der Waals surface area contributed by atoms with Crippen molar-refractivity contribution in [3.05, 3.63) is 35.5 Å². The second-order valence-corrected chi connectivity index (χ2v) is 3.94. The fourth-order valence-corrected chi connectivity index (χ4v) is 1.31. The van der Waals surface area contributed by atoms with Crippen LogP contribution in [0.1, 0.15) is 20.8 Å². The molecule has 0 aliphatic carbocycles. The number of amides is 1. The van der Waals surface area contributed by atoms with Gasteiger partial charge in [0.05, 0.1) is 5.57 Å². The summed E-state index contributed by atoms with van der Waals surface area (Å²) in [5.74, 6) is -1.08. The van der Waals surface area contributed by atoms with E-state index in [1.54, 1.807) is 31.2 Å². The molecule has 5 heteroatoms. The van der Waals surface area contributed by atoms with Gasteiger partial charge in [0.2, 0.25) is 5.91 Å². The summed E-state index contributed by atoms with van der Waals surface area (Å²) >= 11 is 0. The zero-order chi connectivity index (χ0) is 13.7. The van der Waals surface area contributed by atoms with E-state index in [1.807, 2.05) is 0 Å². The number of benzene rings is 1. The van der Waals surface area contributed by atoms with Crippen molar-refractivity contribution in [1.29, 1.82) is 0 Å². The normalized spacial score (nSPS) is 11.5. The van der Waals surface area contributed by atoms with Crippen LogP contribution in [0.5, 0.6) is 0 Å². The first-order valence-electron chi connectivity index (χ1n) is 5.45. The molecule has 0 saturated carbocycles. The van der Waals surface area contributed by atoms with Gasteiger partial charge in [-0.2, -0.15) is 0 Å². The lowest BCUT2D eigenvalue weighted by Crippen LogP contribution is -2.07. The first kappa shape index (κ1) is 13.8. The number of aliphatic carboxylic acids is 1. The molecule has 0 heterocycles. The van der Waals surface area contributed by atoms with Crippen molar-refractivity contribution >= 4 is 23.3 Å². The standard InChI is InChI=1S/C13H16N2O3/c1-8(13(17)18)9(2)14-11-4-6-12(7-5-11)15-10(3)16/h4-7,14H,1-3H3,(H,15,16)(H,17,18)/b9-8-. The van der Waals surface area contributed by atoms with Gasteiger partial charge in [0.1, 0.15) is 0 Å². The molecule has 0 radical (unpaired) electrons. The van der Waals surface area contributed by atoms with Crippen molar-refractivity contribution in [1.82, 2.24) is 0 Å². The van der Waals surface area contributed by atoms with Gasteiger partial charge in [-0.05, 0) is 38.1 Å². The van der Waals surface area contributed by atoms with E-state index in [-0.39, 0.29) is 11.5 Å². The summed E-state index contributed by atoms with van der Waals surface area (Å²) in [5, 5.41) is 14.5. The third-order valence-electron chi connectivity index (χ3n) is 2.42. The SMILES string of the molecule is CC(=O)Nc1ccc(N/C(C)=C(/C)C(=O)O)cc1. The van der Waals surface area contributed by atoms with Crippen LogP contribution in [-0.2, 0) is 9.59 Å². The zero-order valence-corrected chi connectivity index (χ0v) is 10.6. The average molecular weight is 248 g/mol. The van der Waals surface area contributed by atoms with E-state index < -0.39 is 5.97 Å². The molecule has 0 unspecified atom stereocenters. The summed E-state index contributed by atoms with van der Waals surface area (Å²) < 4.78 is 0. The average Bonchev–Trinajstić information content (AvgIpc) is 2.29. The Hall–Kier alpha value is -2.30. The lowest BCUT2D eigenvalue weighted by Gasteiger charge is -2.09. The maximum absolute atomic E-state index is 10.8. The molecule has 5 nitrogen and oxygen atoms in total. The van der Waals surface area contributed by atoms with E-state index in [1.165, 1.54) is 13.8 Å². The van der Waals surface area contributed by atoms with Crippen LogP contribution in [0.3, 0.4) is 0 Å². The number of carbonyl (C=O) groups is 2. The van der Waals surface area contributed by atoms with Crippen molar-refractivity contribution in [3.8, 4) is 0 Å². The Labute approximate surface area is 106 Å². The van der Waals surface area contributed by atoms with Gasteiger partial charge in [-0.1, -0.05) is 0 Å². The van der Waals surface area contributed by atoms with Crippen LogP contribution in [0.25, 0.3) is 0 Å². The second-order valence-electron chi connectivity index (χ2n) is 3.94. The summed E-state index contributed by atoms with van der Waals surface area (Å²) in [6, 6.07) is 7.02. The predicted octanol–water partition coefficient (Wildman–Crippen LogP) is 2.44. The largest absolute Gasteiger partial charge is 0.478 e. The minimum absolute atomic E-state index is 0.131. The molecular weight excluding hydrogens is 232 g/mol. The molecule has 0 atom stereocenters. The van der Waals surface area contributed by atoms with E-state index in [4.69, 9.17) is 5.11 Å². The van der Waals surface area contributed by atoms with Crippen LogP contribution in [-0.4, -0.2) is 17.0 Å². The van der Waals surface area contributed by atoms with E-state index in [0.29, 0.717) is 11.4 Å². The summed E-state index contributed by atoms with van der Waals surface area (Å²) in [4.78, 5) is 21.6. The van der Waals surface area contributed by atoms with Gasteiger partial charge in [-0.25, -0.2) is 4.79 Å². The number of anilines is 2. The van der Waals surface area contributed by atoms with Crippen LogP contribution < -0.4 is 10.6 Å². The third-order valence-corrected chi connectivity index (χ3v) is 2.42. The van der Waals surface area contributed by atoms with Gasteiger partial charge < -0.3 is 15.7 Å². The fraction of sp³-hybridized carbons (Fsp3) is 0.231. The number of allylic oxidation sites excluding steroid dienone is 1. The van der Waals surface area contributed by atoms with Gasteiger partial charge in [0, 0.05) is 24.0 Å². The van der Waals surface area contributed by atoms with Crippen molar-refractivity contribution in [2.24, 2.45) is 0 Å². The molecule has 0 bridgehead atoms. The Kier molecular flexibility index (Phi) is 4.48. The van der Waals surface area contributed by atoms with E-state index >= 15 is 0 Å². The predicted molar refractivity (Wildman–Crippen MR) is 70.4 cm³/mol. The molecule has 0 fully saturated rings. The smallest absolute Gasteiger partial charge is 0.333 e. The molecule has 1 amide bonds. The summed E-state index contributed by atoms with van der Waals surface area (Å²) in [5.41, 5.74) is 2.31. The van der Waals surface area contributed by atoms with Gasteiger partial charge in [0.15, 0.2) is 0 Å². The number of carbonyl (C=O) groups excluding carboxylic acids is 1. The highest BCUT2D eigenvalue weighted by Crippen LogP contribution is 2.16. The monoisotopic (exact) mass is 248 g/mol. The van der Waals surface area contributed by atoms with Crippen LogP contribution in [0, 0.1) is 0 Å². The van der Waals surface area contributed by atoms with Crippen molar-refractivity contribution in [2.75, 3.05) is 10.6 Å². The van der Waals surface area contributed by atoms with E-state index in [9.17, 15) is 9.59 Å². The maximum atomic E-state index is 10.8. The van der Waals surface area contributed by atoms with Crippen molar-refractivity contribution in [2.45, 2.75) is 20.8 Å². The van der Waals surface area contributed by atoms with Crippen LogP contribution in [0.15, 0.2) is 35.5 Å². The quantitative estimate of drug-likeness (QED) is 0.715. The van der Waals surface area contributed by atoms with Gasteiger partial charge >= 0.3 is 5.97 Å². The Bertz CT molecular complexity index is 489. The van der Waals surface area contributed by atoms with Crippen molar-refractivity contribution in [3.63, 3.8) is 0 Å². The zero-order valence-electron chi connectivity index (χ0n) is 10.6. The molecule has 0 spiro atoms. The number of carboxylic acids is 1. The molecule has 1 aromatic rings. The van der Waals surface area contributed by atoms with Crippen LogP contribution >= 0.6 is 0 Å². The summed E-state index contributed by atoms with van der Waals surface area (Å²) in [6.45, 7) is 4.68. The van der Waals surface area contributed by atoms with Gasteiger partial charge in [-0.3, -0.25) is 4.79 Å². The highest BCUT2D eigenvalue weighted by atomic mass is 16.4. The Balaban J connectivity index is 2.78. The Morgan fingerprint density at radius 1 is 0.944 bits per heavy atom. The maximum Gasteiger partial charge on any atom is 0.333 e. The highest BCUT2D eigenvalue weighted by Gasteiger charge is 2.05. The fourth-order valence-electron chi connectivity index (χ4n) is 1.31. The highest BCUT2D eigenvalue weighted by molar-refractivity contribution is 5.89. The molecule has 0 aliphatic rings. The number of carboxylic acid groups (broad SMARTS) is 1. The number of hydrogen-bond donors (Lipinski definition) is 3. The van der Waals surface area contributed by atoms with E-state index in [2.05, 4.69) is 10.6 Å². The first-order valence-corrected chi connectivity index (χ1v) is 5.45. The van der Waals surface area contributed by atoms with Crippen LogP contribution in [0.2, 0.25) is 0 Å². The third kappa shape index (κ3) is 3.93. The minimum atomic E-state index is -0.949. The minimum Gasteiger partial charge on any atom is -0.478 e. The first-order chi connectivity index (χ1) is 8.40. The number of rotatable bonds is 4. The molecular formula is C13H16N2O3. The summed E-state index contributed by atoms with van der Waals surface area (Å²) in [7, 11) is 0. The van der Waals surface area contributed by atoms with Gasteiger partial charge in [0.25, 0.3) is 0 Å². The molecule has 18 heavy (non-hydrogen) atoms. The Morgan fingerprint density at radius 3 is 1.78 bits per heavy atom.